The molecule has 0 rings (SSSR count). The molecule has 0 spiro atoms. The van der Waals surface area contributed by atoms with Gasteiger partial charge in [-0.25, -0.2) is 4.57 Å². The van der Waals surface area contributed by atoms with E-state index in [1.165, 1.54) is 205 Å². The van der Waals surface area contributed by atoms with Crippen LogP contribution in [0.3, 0.4) is 0 Å². The summed E-state index contributed by atoms with van der Waals surface area (Å²) in [6, 6.07) is 0. The Morgan fingerprint density at radius 3 is 0.900 bits per heavy atom. The maximum absolute atomic E-state index is 12.5. The van der Waals surface area contributed by atoms with Crippen molar-refractivity contribution in [2.45, 2.75) is 291 Å². The second kappa shape index (κ2) is 44.6. The summed E-state index contributed by atoms with van der Waals surface area (Å²) in [4.78, 5) is 43.1. The van der Waals surface area contributed by atoms with E-state index in [0.717, 1.165) is 43.9 Å². The highest BCUT2D eigenvalue weighted by atomic mass is 31.2. The van der Waals surface area contributed by atoms with E-state index in [1.54, 1.807) is 0 Å². The predicted molar refractivity (Wildman–Crippen MR) is 253 cm³/mol. The summed E-state index contributed by atoms with van der Waals surface area (Å²) in [5, 5.41) is 0. The highest BCUT2D eigenvalue weighted by Gasteiger charge is 2.23. The first-order valence-electron chi connectivity index (χ1n) is 26.0. The third-order valence-electron chi connectivity index (χ3n) is 12.0. The van der Waals surface area contributed by atoms with Gasteiger partial charge in [0.1, 0.15) is 6.61 Å². The zero-order valence-corrected chi connectivity index (χ0v) is 41.1. The molecule has 358 valence electrons. The van der Waals surface area contributed by atoms with Crippen LogP contribution < -0.4 is 0 Å². The van der Waals surface area contributed by atoms with E-state index in [4.69, 9.17) is 19.3 Å². The first kappa shape index (κ1) is 59.0. The highest BCUT2D eigenvalue weighted by molar-refractivity contribution is 7.46. The monoisotopic (exact) mass is 873 g/mol. The molecule has 0 bridgehead atoms. The molecule has 0 unspecified atom stereocenters. The first-order valence-corrected chi connectivity index (χ1v) is 27.6. The number of carbonyl (C=O) groups is 2. The second-order valence-electron chi connectivity index (χ2n) is 19.2. The normalized spacial score (nSPS) is 12.5. The smallest absolute Gasteiger partial charge is 0.462 e. The summed E-state index contributed by atoms with van der Waals surface area (Å²) in [5.41, 5.74) is 0. The second-order valence-corrected chi connectivity index (χ2v) is 20.4. The van der Waals surface area contributed by atoms with Crippen LogP contribution in [0.25, 0.3) is 0 Å². The van der Waals surface area contributed by atoms with Crippen molar-refractivity contribution in [3.8, 4) is 0 Å². The fraction of sp³-hybridized carbons (Fsp3) is 0.961. The van der Waals surface area contributed by atoms with Gasteiger partial charge in [-0.2, -0.15) is 0 Å². The standard InChI is InChI=1S/C51H101O8P/c1-47(2)41-37-33-29-25-21-17-13-9-5-7-11-15-19-23-27-31-35-39-43-50(52)57-45-49(46-58-60(54,55)56)59-51(53)44-40-36-32-28-24-20-16-12-8-6-10-14-18-22-26-30-34-38-42-48(3)4/h47-49H,5-46H2,1-4H3,(H2,54,55,56)/t49-/m1/s1. The minimum absolute atomic E-state index is 0.220. The Kier molecular flexibility index (Phi) is 43.9. The molecule has 0 saturated carbocycles. The zero-order chi connectivity index (χ0) is 44.2. The van der Waals surface area contributed by atoms with E-state index in [2.05, 4.69) is 32.2 Å². The topological polar surface area (TPSA) is 119 Å². The fourth-order valence-electron chi connectivity index (χ4n) is 8.10. The molecule has 0 aliphatic rings. The van der Waals surface area contributed by atoms with Crippen molar-refractivity contribution < 1.29 is 37.9 Å². The molecular weight excluding hydrogens is 772 g/mol. The number of phosphoric acid groups is 1. The van der Waals surface area contributed by atoms with E-state index in [9.17, 15) is 14.2 Å². The largest absolute Gasteiger partial charge is 0.469 e. The third-order valence-corrected chi connectivity index (χ3v) is 12.5. The van der Waals surface area contributed by atoms with Gasteiger partial charge in [-0.1, -0.05) is 259 Å². The van der Waals surface area contributed by atoms with Gasteiger partial charge in [-0.3, -0.25) is 14.1 Å². The van der Waals surface area contributed by atoms with Gasteiger partial charge < -0.3 is 19.3 Å². The van der Waals surface area contributed by atoms with Crippen LogP contribution in [-0.4, -0.2) is 41.0 Å². The maximum Gasteiger partial charge on any atom is 0.469 e. The minimum atomic E-state index is -4.75. The van der Waals surface area contributed by atoms with Gasteiger partial charge in [0.2, 0.25) is 0 Å². The summed E-state index contributed by atoms with van der Waals surface area (Å²) in [6.07, 6.45) is 48.4. The van der Waals surface area contributed by atoms with Crippen LogP contribution in [0.4, 0.5) is 0 Å². The molecule has 1 atom stereocenters. The molecule has 0 aliphatic carbocycles. The van der Waals surface area contributed by atoms with Gasteiger partial charge in [-0.05, 0) is 24.7 Å². The Labute approximate surface area is 372 Å². The lowest BCUT2D eigenvalue weighted by Crippen LogP contribution is -2.29. The number of ether oxygens (including phenoxy) is 2. The molecule has 0 aliphatic heterocycles. The van der Waals surface area contributed by atoms with Crippen molar-refractivity contribution in [3.05, 3.63) is 0 Å². The van der Waals surface area contributed by atoms with Crippen LogP contribution in [-0.2, 0) is 28.2 Å². The SMILES string of the molecule is CC(C)CCCCCCCCCCCCCCCCCCCCC(=O)OC[C@H](COP(=O)(O)O)OC(=O)CCCCCCCCCCCCCCCCCCCCC(C)C. The number of esters is 2. The molecule has 60 heavy (non-hydrogen) atoms. The highest BCUT2D eigenvalue weighted by Crippen LogP contribution is 2.36. The lowest BCUT2D eigenvalue weighted by Gasteiger charge is -2.18. The lowest BCUT2D eigenvalue weighted by molar-refractivity contribution is -0.161. The Hall–Kier alpha value is -0.950. The van der Waals surface area contributed by atoms with Crippen LogP contribution >= 0.6 is 7.82 Å². The van der Waals surface area contributed by atoms with Crippen molar-refractivity contribution in [1.82, 2.24) is 0 Å². The average molecular weight is 873 g/mol. The molecule has 0 saturated heterocycles. The number of phosphoric ester groups is 1. The van der Waals surface area contributed by atoms with E-state index in [1.807, 2.05) is 0 Å². The Morgan fingerprint density at radius 2 is 0.633 bits per heavy atom. The number of rotatable bonds is 48. The molecule has 8 nitrogen and oxygen atoms in total. The van der Waals surface area contributed by atoms with E-state index < -0.39 is 32.5 Å². The van der Waals surface area contributed by atoms with Gasteiger partial charge >= 0.3 is 19.8 Å². The number of hydrogen-bond acceptors (Lipinski definition) is 6. The molecule has 0 aromatic carbocycles. The third kappa shape index (κ3) is 49.7. The number of unbranched alkanes of at least 4 members (excludes halogenated alkanes) is 34. The van der Waals surface area contributed by atoms with Gasteiger partial charge in [0.25, 0.3) is 0 Å². The average Bonchev–Trinajstić information content (AvgIpc) is 3.19. The lowest BCUT2D eigenvalue weighted by atomic mass is 10.0. The quantitative estimate of drug-likeness (QED) is 0.0352. The number of carbonyl (C=O) groups excluding carboxylic acids is 2. The molecule has 0 aromatic heterocycles. The molecule has 0 amide bonds. The van der Waals surface area contributed by atoms with E-state index in [0.29, 0.717) is 6.42 Å². The van der Waals surface area contributed by atoms with Gasteiger partial charge in [0.05, 0.1) is 6.61 Å². The molecule has 0 aromatic rings. The van der Waals surface area contributed by atoms with Crippen molar-refractivity contribution in [2.75, 3.05) is 13.2 Å². The van der Waals surface area contributed by atoms with E-state index >= 15 is 0 Å². The summed E-state index contributed by atoms with van der Waals surface area (Å²) in [7, 11) is -4.75. The Morgan fingerprint density at radius 1 is 0.383 bits per heavy atom. The minimum Gasteiger partial charge on any atom is -0.462 e. The molecular formula is C51H101O8P. The van der Waals surface area contributed by atoms with Crippen molar-refractivity contribution in [2.24, 2.45) is 11.8 Å². The molecule has 0 radical (unpaired) electrons. The zero-order valence-electron chi connectivity index (χ0n) is 40.2. The predicted octanol–water partition coefficient (Wildman–Crippen LogP) is 16.5. The van der Waals surface area contributed by atoms with Crippen LogP contribution in [0.15, 0.2) is 0 Å². The fourth-order valence-corrected chi connectivity index (χ4v) is 8.46. The van der Waals surface area contributed by atoms with Crippen LogP contribution in [0.1, 0.15) is 285 Å². The van der Waals surface area contributed by atoms with Gasteiger partial charge in [0, 0.05) is 12.8 Å². The Bertz CT molecular complexity index is 967. The van der Waals surface area contributed by atoms with E-state index in [-0.39, 0.29) is 19.4 Å². The van der Waals surface area contributed by atoms with Crippen molar-refractivity contribution in [1.29, 1.82) is 0 Å². The Balaban J connectivity index is 3.75. The summed E-state index contributed by atoms with van der Waals surface area (Å²) >= 11 is 0. The van der Waals surface area contributed by atoms with Crippen LogP contribution in [0.2, 0.25) is 0 Å². The molecule has 9 heteroatoms. The molecule has 2 N–H and O–H groups in total. The maximum atomic E-state index is 12.5. The van der Waals surface area contributed by atoms with Gasteiger partial charge in [-0.15, -0.1) is 0 Å². The first-order chi connectivity index (χ1) is 29.0. The number of hydrogen-bond donors (Lipinski definition) is 2. The summed E-state index contributed by atoms with van der Waals surface area (Å²) < 4.78 is 26.6. The molecule has 0 fully saturated rings. The molecule has 0 heterocycles. The van der Waals surface area contributed by atoms with Crippen molar-refractivity contribution >= 4 is 19.8 Å². The summed E-state index contributed by atoms with van der Waals surface area (Å²) in [5.74, 6) is 0.837. The van der Waals surface area contributed by atoms with Gasteiger partial charge in [0.15, 0.2) is 6.10 Å². The van der Waals surface area contributed by atoms with Crippen LogP contribution in [0.5, 0.6) is 0 Å². The van der Waals surface area contributed by atoms with Crippen molar-refractivity contribution in [3.63, 3.8) is 0 Å². The summed E-state index contributed by atoms with van der Waals surface area (Å²) in [6.45, 7) is 8.47. The van der Waals surface area contributed by atoms with Crippen LogP contribution in [0, 0.1) is 11.8 Å².